The molecule has 0 aromatic heterocycles. The molecule has 0 aromatic carbocycles. The summed E-state index contributed by atoms with van der Waals surface area (Å²) in [5.41, 5.74) is 0. The van der Waals surface area contributed by atoms with Crippen LogP contribution in [0.3, 0.4) is 0 Å². The summed E-state index contributed by atoms with van der Waals surface area (Å²) in [5, 5.41) is 3.66. The van der Waals surface area contributed by atoms with Crippen molar-refractivity contribution in [1.82, 2.24) is 5.32 Å². The predicted octanol–water partition coefficient (Wildman–Crippen LogP) is 13.7. The molecule has 0 amide bonds. The van der Waals surface area contributed by atoms with Gasteiger partial charge in [0.1, 0.15) is 0 Å². The molecule has 0 bridgehead atoms. The molecule has 0 rings (SSSR count). The van der Waals surface area contributed by atoms with Crippen LogP contribution in [-0.2, 0) is 0 Å². The van der Waals surface area contributed by atoms with Crippen molar-refractivity contribution in [3.05, 3.63) is 0 Å². The number of halogens is 2. The molecule has 1 nitrogen and oxygen atoms in total. The van der Waals surface area contributed by atoms with Crippen molar-refractivity contribution in [2.45, 2.75) is 225 Å². The van der Waals surface area contributed by atoms with Gasteiger partial charge in [0.15, 0.2) is 0 Å². The Hall–Kier alpha value is -0.180. The van der Waals surface area contributed by atoms with Crippen LogP contribution in [0.5, 0.6) is 0 Å². The van der Waals surface area contributed by atoms with Crippen molar-refractivity contribution in [1.29, 1.82) is 0 Å². The number of hydrogen-bond acceptors (Lipinski definition) is 1. The largest absolute Gasteiger partial charge is 0.317 e. The third-order valence-corrected chi connectivity index (χ3v) is 8.73. The molecule has 0 aliphatic heterocycles. The van der Waals surface area contributed by atoms with Gasteiger partial charge in [0, 0.05) is 6.42 Å². The number of alkyl halides is 2. The van der Waals surface area contributed by atoms with Gasteiger partial charge in [0.25, 0.3) is 0 Å². The first-order valence-corrected chi connectivity index (χ1v) is 18.8. The Morgan fingerprint density at radius 2 is 0.550 bits per heavy atom. The SMILES string of the molecule is CCCCCCCCCCCCCCCCCCNCCCCCCCCCCCCCCCCCCC(F)F. The Morgan fingerprint density at radius 1 is 0.325 bits per heavy atom. The minimum Gasteiger partial charge on any atom is -0.317 e. The molecule has 0 aromatic rings. The highest BCUT2D eigenvalue weighted by atomic mass is 19.3. The van der Waals surface area contributed by atoms with Crippen LogP contribution in [0.4, 0.5) is 8.78 Å². The molecule has 0 radical (unpaired) electrons. The van der Waals surface area contributed by atoms with Gasteiger partial charge in [0.05, 0.1) is 0 Å². The van der Waals surface area contributed by atoms with Crippen molar-refractivity contribution < 1.29 is 8.78 Å². The van der Waals surface area contributed by atoms with Crippen LogP contribution in [0.1, 0.15) is 219 Å². The van der Waals surface area contributed by atoms with E-state index < -0.39 is 6.43 Å². The van der Waals surface area contributed by atoms with E-state index >= 15 is 0 Å². The van der Waals surface area contributed by atoms with Gasteiger partial charge in [-0.25, -0.2) is 8.78 Å². The monoisotopic (exact) mass is 572 g/mol. The van der Waals surface area contributed by atoms with E-state index in [1.807, 2.05) is 0 Å². The summed E-state index contributed by atoms with van der Waals surface area (Å²) in [6, 6.07) is 0. The summed E-state index contributed by atoms with van der Waals surface area (Å²) in [6.07, 6.45) is 41.8. The molecule has 3 heteroatoms. The van der Waals surface area contributed by atoms with E-state index in [0.29, 0.717) is 6.42 Å². The van der Waals surface area contributed by atoms with Gasteiger partial charge >= 0.3 is 0 Å². The van der Waals surface area contributed by atoms with Gasteiger partial charge < -0.3 is 5.32 Å². The molecule has 0 aliphatic rings. The standard InChI is InChI=1S/C37H75F2N/c1-2-3-4-5-6-7-8-9-10-14-17-20-23-26-29-32-35-40-36-33-30-27-24-21-18-15-12-11-13-16-19-22-25-28-31-34-37(38)39/h37,40H,2-36H2,1H3. The Kier molecular flexibility index (Phi) is 36.7. The number of unbranched alkanes of at least 4 members (excludes halogenated alkanes) is 30. The van der Waals surface area contributed by atoms with Crippen LogP contribution >= 0.6 is 0 Å². The van der Waals surface area contributed by atoms with Gasteiger partial charge in [0.2, 0.25) is 6.43 Å². The zero-order valence-corrected chi connectivity index (χ0v) is 27.6. The van der Waals surface area contributed by atoms with Crippen LogP contribution in [0, 0.1) is 0 Å². The topological polar surface area (TPSA) is 12.0 Å². The molecule has 0 saturated heterocycles. The van der Waals surface area contributed by atoms with Crippen LogP contribution in [0.15, 0.2) is 0 Å². The fraction of sp³-hybridized carbons (Fsp3) is 1.00. The first-order valence-electron chi connectivity index (χ1n) is 18.8. The lowest BCUT2D eigenvalue weighted by atomic mass is 10.0. The maximum atomic E-state index is 12.1. The Labute approximate surface area is 252 Å². The third-order valence-electron chi connectivity index (χ3n) is 8.73. The number of nitrogens with one attached hydrogen (secondary N) is 1. The average molecular weight is 572 g/mol. The van der Waals surface area contributed by atoms with Crippen molar-refractivity contribution in [2.24, 2.45) is 0 Å². The van der Waals surface area contributed by atoms with Crippen LogP contribution in [-0.4, -0.2) is 19.5 Å². The lowest BCUT2D eigenvalue weighted by Gasteiger charge is -2.06. The molecule has 0 fully saturated rings. The molecule has 0 unspecified atom stereocenters. The van der Waals surface area contributed by atoms with E-state index in [4.69, 9.17) is 0 Å². The maximum absolute atomic E-state index is 12.1. The van der Waals surface area contributed by atoms with Gasteiger partial charge in [-0.3, -0.25) is 0 Å². The van der Waals surface area contributed by atoms with E-state index in [9.17, 15) is 8.78 Å². The minimum atomic E-state index is -2.11. The Bertz CT molecular complexity index is 428. The number of hydrogen-bond donors (Lipinski definition) is 1. The highest BCUT2D eigenvalue weighted by Crippen LogP contribution is 2.16. The van der Waals surface area contributed by atoms with Crippen molar-refractivity contribution in [2.75, 3.05) is 13.1 Å². The zero-order chi connectivity index (χ0) is 29.0. The van der Waals surface area contributed by atoms with Gasteiger partial charge in [-0.15, -0.1) is 0 Å². The van der Waals surface area contributed by atoms with Gasteiger partial charge in [-0.05, 0) is 32.4 Å². The second-order valence-electron chi connectivity index (χ2n) is 12.9. The molecule has 0 heterocycles. The first kappa shape index (κ1) is 39.8. The normalized spacial score (nSPS) is 11.7. The van der Waals surface area contributed by atoms with Gasteiger partial charge in [-0.2, -0.15) is 0 Å². The Balaban J connectivity index is 3.02. The minimum absolute atomic E-state index is 0.0941. The summed E-state index contributed by atoms with van der Waals surface area (Å²) in [4.78, 5) is 0. The number of rotatable bonds is 36. The van der Waals surface area contributed by atoms with Crippen LogP contribution in [0.25, 0.3) is 0 Å². The molecule has 0 saturated carbocycles. The fourth-order valence-electron chi connectivity index (χ4n) is 5.95. The summed E-state index contributed by atoms with van der Waals surface area (Å²) in [7, 11) is 0. The van der Waals surface area contributed by atoms with Crippen LogP contribution < -0.4 is 5.32 Å². The highest BCUT2D eigenvalue weighted by Gasteiger charge is 2.01. The van der Waals surface area contributed by atoms with E-state index in [-0.39, 0.29) is 6.42 Å². The average Bonchev–Trinajstić information content (AvgIpc) is 2.95. The molecule has 40 heavy (non-hydrogen) atoms. The molecule has 1 N–H and O–H groups in total. The van der Waals surface area contributed by atoms with E-state index in [1.165, 1.54) is 199 Å². The lowest BCUT2D eigenvalue weighted by Crippen LogP contribution is -2.16. The maximum Gasteiger partial charge on any atom is 0.238 e. The summed E-state index contributed by atoms with van der Waals surface area (Å²) < 4.78 is 24.1. The molecular weight excluding hydrogens is 496 g/mol. The van der Waals surface area contributed by atoms with Gasteiger partial charge in [-0.1, -0.05) is 193 Å². The van der Waals surface area contributed by atoms with Crippen LogP contribution in [0.2, 0.25) is 0 Å². The van der Waals surface area contributed by atoms with Crippen molar-refractivity contribution in [3.63, 3.8) is 0 Å². The van der Waals surface area contributed by atoms with Crippen molar-refractivity contribution >= 4 is 0 Å². The quantitative estimate of drug-likeness (QED) is 0.0737. The Morgan fingerprint density at radius 3 is 0.800 bits per heavy atom. The molecular formula is C37H75F2N. The smallest absolute Gasteiger partial charge is 0.238 e. The first-order chi connectivity index (χ1) is 19.8. The van der Waals surface area contributed by atoms with E-state index in [0.717, 1.165) is 12.8 Å². The van der Waals surface area contributed by atoms with E-state index in [1.54, 1.807) is 0 Å². The predicted molar refractivity (Wildman–Crippen MR) is 177 cm³/mol. The lowest BCUT2D eigenvalue weighted by molar-refractivity contribution is 0.133. The summed E-state index contributed by atoms with van der Waals surface area (Å²) in [6.45, 7) is 4.74. The fourth-order valence-corrected chi connectivity index (χ4v) is 5.95. The molecule has 0 spiro atoms. The second-order valence-corrected chi connectivity index (χ2v) is 12.9. The van der Waals surface area contributed by atoms with Crippen molar-refractivity contribution in [3.8, 4) is 0 Å². The molecule has 0 atom stereocenters. The summed E-state index contributed by atoms with van der Waals surface area (Å²) in [5.74, 6) is 0. The zero-order valence-electron chi connectivity index (χ0n) is 27.6. The molecule has 0 aliphatic carbocycles. The van der Waals surface area contributed by atoms with E-state index in [2.05, 4.69) is 12.2 Å². The molecule has 242 valence electrons. The highest BCUT2D eigenvalue weighted by molar-refractivity contribution is 4.54. The second kappa shape index (κ2) is 36.8. The summed E-state index contributed by atoms with van der Waals surface area (Å²) >= 11 is 0. The third kappa shape index (κ3) is 37.8.